The second kappa shape index (κ2) is 7.11. The van der Waals surface area contributed by atoms with Crippen molar-refractivity contribution in [1.29, 1.82) is 0 Å². The molecule has 0 saturated carbocycles. The second-order valence-electron chi connectivity index (χ2n) is 4.43. The van der Waals surface area contributed by atoms with Gasteiger partial charge in [0.25, 0.3) is 0 Å². The minimum absolute atomic E-state index is 0. The first-order valence-corrected chi connectivity index (χ1v) is 6.39. The molecule has 2 aromatic heterocycles. The van der Waals surface area contributed by atoms with E-state index in [-0.39, 0.29) is 18.2 Å². The normalized spacial score (nSPS) is 10.3. The fourth-order valence-corrected chi connectivity index (χ4v) is 2.00. The van der Waals surface area contributed by atoms with E-state index in [1.165, 1.54) is 6.07 Å². The Kier molecular flexibility index (Phi) is 5.20. The van der Waals surface area contributed by atoms with E-state index in [0.29, 0.717) is 24.4 Å². The van der Waals surface area contributed by atoms with Crippen LogP contribution in [0.25, 0.3) is 11.3 Å². The highest BCUT2D eigenvalue weighted by Crippen LogP contribution is 2.24. The summed E-state index contributed by atoms with van der Waals surface area (Å²) in [5, 5.41) is 3.20. The van der Waals surface area contributed by atoms with E-state index < -0.39 is 0 Å². The van der Waals surface area contributed by atoms with Crippen LogP contribution in [-0.2, 0) is 13.1 Å². The molecule has 0 aliphatic rings. The summed E-state index contributed by atoms with van der Waals surface area (Å²) < 4.78 is 24.5. The van der Waals surface area contributed by atoms with E-state index in [1.54, 1.807) is 30.5 Å². The molecule has 0 unspecified atom stereocenters. The van der Waals surface area contributed by atoms with Crippen LogP contribution in [0.1, 0.15) is 11.5 Å². The van der Waals surface area contributed by atoms with Crippen molar-refractivity contribution in [1.82, 2.24) is 5.32 Å². The number of hydrogen-bond donors (Lipinski definition) is 1. The molecular weight excluding hydrogens is 293 g/mol. The number of nitrogens with one attached hydrogen (secondary N) is 1. The first kappa shape index (κ1) is 15.4. The van der Waals surface area contributed by atoms with E-state index in [4.69, 9.17) is 8.83 Å². The molecular formula is C16H15ClFNO2. The third kappa shape index (κ3) is 3.74. The number of furan rings is 2. The lowest BCUT2D eigenvalue weighted by Crippen LogP contribution is -2.11. The van der Waals surface area contributed by atoms with Crippen molar-refractivity contribution in [2.75, 3.05) is 0 Å². The Balaban J connectivity index is 0.00000161. The fourth-order valence-electron chi connectivity index (χ4n) is 2.00. The zero-order valence-corrected chi connectivity index (χ0v) is 12.0. The molecule has 0 aliphatic heterocycles. The molecule has 0 radical (unpaired) electrons. The van der Waals surface area contributed by atoms with E-state index >= 15 is 0 Å². The van der Waals surface area contributed by atoms with Crippen LogP contribution in [0.4, 0.5) is 4.39 Å². The quantitative estimate of drug-likeness (QED) is 0.759. The lowest BCUT2D eigenvalue weighted by atomic mass is 10.1. The van der Waals surface area contributed by atoms with E-state index in [9.17, 15) is 4.39 Å². The summed E-state index contributed by atoms with van der Waals surface area (Å²) in [7, 11) is 0. The average molecular weight is 308 g/mol. The minimum Gasteiger partial charge on any atom is -0.468 e. The molecule has 3 rings (SSSR count). The maximum atomic E-state index is 13.6. The Hall–Kier alpha value is -2.04. The second-order valence-corrected chi connectivity index (χ2v) is 4.43. The summed E-state index contributed by atoms with van der Waals surface area (Å²) in [4.78, 5) is 0. The summed E-state index contributed by atoms with van der Waals surface area (Å²) in [5.41, 5.74) is 0.477. The van der Waals surface area contributed by atoms with Gasteiger partial charge in [-0.1, -0.05) is 12.1 Å². The predicted octanol–water partition coefficient (Wildman–Crippen LogP) is 4.39. The molecule has 3 aromatic rings. The Morgan fingerprint density at radius 2 is 1.71 bits per heavy atom. The molecule has 0 fully saturated rings. The molecule has 0 saturated heterocycles. The summed E-state index contributed by atoms with van der Waals surface area (Å²) in [6, 6.07) is 13.9. The Bertz CT molecular complexity index is 679. The highest BCUT2D eigenvalue weighted by molar-refractivity contribution is 5.85. The number of rotatable bonds is 5. The number of halogens is 2. The molecule has 110 valence electrons. The zero-order chi connectivity index (χ0) is 13.8. The van der Waals surface area contributed by atoms with Crippen LogP contribution in [-0.4, -0.2) is 0 Å². The van der Waals surface area contributed by atoms with E-state index in [1.807, 2.05) is 18.2 Å². The lowest BCUT2D eigenvalue weighted by Gasteiger charge is -2.01. The van der Waals surface area contributed by atoms with Crippen molar-refractivity contribution in [3.8, 4) is 11.3 Å². The largest absolute Gasteiger partial charge is 0.468 e. The highest BCUT2D eigenvalue weighted by Gasteiger charge is 2.08. The van der Waals surface area contributed by atoms with Gasteiger partial charge < -0.3 is 14.2 Å². The molecule has 0 bridgehead atoms. The van der Waals surface area contributed by atoms with Gasteiger partial charge in [0.15, 0.2) is 0 Å². The number of hydrogen-bond acceptors (Lipinski definition) is 3. The Morgan fingerprint density at radius 1 is 0.905 bits per heavy atom. The van der Waals surface area contributed by atoms with Crippen molar-refractivity contribution in [3.63, 3.8) is 0 Å². The number of benzene rings is 1. The van der Waals surface area contributed by atoms with Gasteiger partial charge in [-0.25, -0.2) is 4.39 Å². The van der Waals surface area contributed by atoms with Gasteiger partial charge in [0, 0.05) is 0 Å². The molecule has 0 aliphatic carbocycles. The maximum Gasteiger partial charge on any atom is 0.137 e. The van der Waals surface area contributed by atoms with Crippen LogP contribution in [0.5, 0.6) is 0 Å². The SMILES string of the molecule is Cl.Fc1ccccc1-c1ccc(CNCc2ccco2)o1. The van der Waals surface area contributed by atoms with Crippen LogP contribution < -0.4 is 5.32 Å². The smallest absolute Gasteiger partial charge is 0.137 e. The molecule has 0 atom stereocenters. The van der Waals surface area contributed by atoms with Crippen LogP contribution in [0.2, 0.25) is 0 Å². The molecule has 21 heavy (non-hydrogen) atoms. The molecule has 5 heteroatoms. The lowest BCUT2D eigenvalue weighted by molar-refractivity contribution is 0.454. The van der Waals surface area contributed by atoms with Crippen molar-refractivity contribution in [2.24, 2.45) is 0 Å². The summed E-state index contributed by atoms with van der Waals surface area (Å²) in [6.07, 6.45) is 1.64. The highest BCUT2D eigenvalue weighted by atomic mass is 35.5. The van der Waals surface area contributed by atoms with Crippen molar-refractivity contribution in [2.45, 2.75) is 13.1 Å². The van der Waals surface area contributed by atoms with Crippen LogP contribution in [0.3, 0.4) is 0 Å². The van der Waals surface area contributed by atoms with Crippen LogP contribution >= 0.6 is 12.4 Å². The van der Waals surface area contributed by atoms with E-state index in [0.717, 1.165) is 11.5 Å². The Morgan fingerprint density at radius 3 is 2.48 bits per heavy atom. The van der Waals surface area contributed by atoms with Crippen molar-refractivity contribution < 1.29 is 13.2 Å². The van der Waals surface area contributed by atoms with Crippen LogP contribution in [0.15, 0.2) is 63.6 Å². The third-order valence-electron chi connectivity index (χ3n) is 2.98. The molecule has 1 N–H and O–H groups in total. The standard InChI is InChI=1S/C16H14FNO2.ClH/c17-15-6-2-1-5-14(15)16-8-7-13(20-16)11-18-10-12-4-3-9-19-12;/h1-9,18H,10-11H2;1H. The first-order valence-electron chi connectivity index (χ1n) is 6.39. The third-order valence-corrected chi connectivity index (χ3v) is 2.98. The summed E-state index contributed by atoms with van der Waals surface area (Å²) in [6.45, 7) is 1.19. The zero-order valence-electron chi connectivity index (χ0n) is 11.2. The van der Waals surface area contributed by atoms with Crippen molar-refractivity contribution >= 4 is 12.4 Å². The molecule has 3 nitrogen and oxygen atoms in total. The molecule has 2 heterocycles. The van der Waals surface area contributed by atoms with Gasteiger partial charge in [-0.2, -0.15) is 0 Å². The van der Waals surface area contributed by atoms with Gasteiger partial charge in [-0.15, -0.1) is 12.4 Å². The van der Waals surface area contributed by atoms with E-state index in [2.05, 4.69) is 5.32 Å². The first-order chi connectivity index (χ1) is 9.83. The maximum absolute atomic E-state index is 13.6. The summed E-state index contributed by atoms with van der Waals surface area (Å²) in [5.74, 6) is 1.88. The Labute approximate surface area is 128 Å². The average Bonchev–Trinajstić information content (AvgIpc) is 3.11. The molecule has 0 amide bonds. The summed E-state index contributed by atoms with van der Waals surface area (Å²) >= 11 is 0. The van der Waals surface area contributed by atoms with Crippen molar-refractivity contribution in [3.05, 3.63) is 72.1 Å². The fraction of sp³-hybridized carbons (Fsp3) is 0.125. The van der Waals surface area contributed by atoms with Crippen LogP contribution in [0, 0.1) is 5.82 Å². The van der Waals surface area contributed by atoms with Gasteiger partial charge in [0.05, 0.1) is 24.9 Å². The molecule has 1 aromatic carbocycles. The predicted molar refractivity (Wildman–Crippen MR) is 80.6 cm³/mol. The van der Waals surface area contributed by atoms with Gasteiger partial charge in [0.2, 0.25) is 0 Å². The van der Waals surface area contributed by atoms with Gasteiger partial charge >= 0.3 is 0 Å². The topological polar surface area (TPSA) is 38.3 Å². The minimum atomic E-state index is -0.281. The van der Waals surface area contributed by atoms with Gasteiger partial charge in [-0.3, -0.25) is 0 Å². The molecule has 0 spiro atoms. The monoisotopic (exact) mass is 307 g/mol. The van der Waals surface area contributed by atoms with Gasteiger partial charge in [0.1, 0.15) is 23.1 Å². The van der Waals surface area contributed by atoms with Gasteiger partial charge in [-0.05, 0) is 36.4 Å².